The number of carbonyl (C=O) groups excluding carboxylic acids is 1. The van der Waals surface area contributed by atoms with Crippen LogP contribution in [0.2, 0.25) is 0 Å². The van der Waals surface area contributed by atoms with Crippen molar-refractivity contribution in [1.29, 1.82) is 0 Å². The predicted molar refractivity (Wildman–Crippen MR) is 122 cm³/mol. The van der Waals surface area contributed by atoms with Gasteiger partial charge in [0, 0.05) is 18.0 Å². The van der Waals surface area contributed by atoms with Crippen molar-refractivity contribution in [2.24, 2.45) is 0 Å². The first-order valence-corrected chi connectivity index (χ1v) is 11.7. The first-order chi connectivity index (χ1) is 15.1. The lowest BCUT2D eigenvalue weighted by molar-refractivity contribution is -0.166. The van der Waals surface area contributed by atoms with E-state index in [2.05, 4.69) is 27.5 Å². The minimum Gasteiger partial charge on any atom is -0.494 e. The van der Waals surface area contributed by atoms with Gasteiger partial charge in [-0.05, 0) is 64.9 Å². The maximum atomic E-state index is 12.2. The summed E-state index contributed by atoms with van der Waals surface area (Å²) in [4.78, 5) is 14.4. The second-order valence-electron chi connectivity index (χ2n) is 10.4. The number of carbonyl (C=O) groups is 1. The second kappa shape index (κ2) is 7.34. The van der Waals surface area contributed by atoms with E-state index < -0.39 is 22.7 Å². The number of likely N-dealkylation sites (N-methyl/N-ethyl adjacent to an activating group) is 1. The number of nitrogens with zero attached hydrogens (tertiary/aromatic N) is 1. The molecule has 174 valence electrons. The van der Waals surface area contributed by atoms with Crippen molar-refractivity contribution >= 4 is 15.4 Å². The predicted octanol–water partition coefficient (Wildman–Crippen LogP) is 2.88. The van der Waals surface area contributed by atoms with Crippen LogP contribution in [0.5, 0.6) is 11.5 Å². The van der Waals surface area contributed by atoms with Crippen LogP contribution >= 0.6 is 9.47 Å². The Morgan fingerprint density at radius 2 is 2.16 bits per heavy atom. The van der Waals surface area contributed by atoms with Crippen LogP contribution in [-0.2, 0) is 26.1 Å². The maximum Gasteiger partial charge on any atom is 0.309 e. The molecule has 1 unspecified atom stereocenters. The normalized spacial score (nSPS) is 32.5. The zero-order valence-electron chi connectivity index (χ0n) is 19.1. The smallest absolute Gasteiger partial charge is 0.309 e. The van der Waals surface area contributed by atoms with Crippen LogP contribution < -0.4 is 9.26 Å². The summed E-state index contributed by atoms with van der Waals surface area (Å²) in [5, 5.41) is 12.2. The quantitative estimate of drug-likeness (QED) is 0.534. The highest BCUT2D eigenvalue weighted by Crippen LogP contribution is 2.65. The van der Waals surface area contributed by atoms with Gasteiger partial charge in [0.1, 0.15) is 11.4 Å². The molecule has 0 radical (unpaired) electrons. The van der Waals surface area contributed by atoms with Crippen LogP contribution in [0.1, 0.15) is 51.2 Å². The summed E-state index contributed by atoms with van der Waals surface area (Å²) in [6, 6.07) is 4.03. The van der Waals surface area contributed by atoms with E-state index in [1.807, 2.05) is 32.9 Å². The number of ether oxygens (including phenoxy) is 3. The summed E-state index contributed by atoms with van der Waals surface area (Å²) in [5.74, 6) is 1.73. The summed E-state index contributed by atoms with van der Waals surface area (Å²) < 4.78 is 23.6. The van der Waals surface area contributed by atoms with E-state index in [0.29, 0.717) is 23.7 Å². The number of esters is 1. The minimum atomic E-state index is -0.958. The van der Waals surface area contributed by atoms with E-state index in [1.165, 1.54) is 5.56 Å². The average molecular weight is 461 g/mol. The zero-order valence-corrected chi connectivity index (χ0v) is 20.3. The maximum absolute atomic E-state index is 12.2. The van der Waals surface area contributed by atoms with Crippen molar-refractivity contribution in [1.82, 2.24) is 4.90 Å². The van der Waals surface area contributed by atoms with Gasteiger partial charge in [0.05, 0.1) is 33.5 Å². The summed E-state index contributed by atoms with van der Waals surface area (Å²) in [6.07, 6.45) is 3.66. The van der Waals surface area contributed by atoms with Crippen LogP contribution in [0.4, 0.5) is 0 Å². The summed E-state index contributed by atoms with van der Waals surface area (Å²) in [7, 11) is 4.38. The standard InChI is InChI=1S/C24H32NO6P/c1-22(2,3)30-18(26)8-12-28-16-7-9-24(27)17-13-14-5-6-15(31-32)20-19(14)23(24,21(16)29-20)10-11-25(17)4/h5-7,17,21,27H,8-13,32H2,1-4H3/t17-,21+,23+,24-/m0/s1. The van der Waals surface area contributed by atoms with Gasteiger partial charge in [-0.25, -0.2) is 0 Å². The van der Waals surface area contributed by atoms with Crippen LogP contribution in [0.3, 0.4) is 0 Å². The van der Waals surface area contributed by atoms with Gasteiger partial charge in [0.25, 0.3) is 0 Å². The van der Waals surface area contributed by atoms with Gasteiger partial charge in [-0.3, -0.25) is 4.79 Å². The molecule has 0 saturated carbocycles. The molecule has 2 aliphatic carbocycles. The molecular formula is C24H32NO6P. The molecule has 32 heavy (non-hydrogen) atoms. The molecule has 1 N–H and O–H groups in total. The Balaban J connectivity index is 1.48. The van der Waals surface area contributed by atoms with Crippen molar-refractivity contribution in [3.8, 4) is 11.5 Å². The van der Waals surface area contributed by atoms with Crippen molar-refractivity contribution in [2.45, 2.75) is 75.2 Å². The van der Waals surface area contributed by atoms with Crippen molar-refractivity contribution < 1.29 is 28.6 Å². The van der Waals surface area contributed by atoms with E-state index in [-0.39, 0.29) is 25.0 Å². The number of likely N-dealkylation sites (tertiary alicyclic amines) is 1. The molecule has 8 heteroatoms. The zero-order chi connectivity index (χ0) is 22.9. The van der Waals surface area contributed by atoms with Gasteiger partial charge in [0.2, 0.25) is 0 Å². The second-order valence-corrected chi connectivity index (χ2v) is 10.6. The van der Waals surface area contributed by atoms with Crippen molar-refractivity contribution in [2.75, 3.05) is 20.2 Å². The van der Waals surface area contributed by atoms with Gasteiger partial charge >= 0.3 is 5.97 Å². The minimum absolute atomic E-state index is 0.00290. The first kappa shape index (κ1) is 22.0. The molecule has 2 aliphatic heterocycles. The number of hydrogen-bond donors (Lipinski definition) is 1. The molecule has 0 aromatic heterocycles. The van der Waals surface area contributed by atoms with E-state index in [4.69, 9.17) is 18.7 Å². The van der Waals surface area contributed by atoms with E-state index >= 15 is 0 Å². The highest BCUT2D eigenvalue weighted by atomic mass is 31.0. The monoisotopic (exact) mass is 461 g/mol. The molecular weight excluding hydrogens is 429 g/mol. The molecule has 1 aromatic carbocycles. The lowest BCUT2D eigenvalue weighted by Crippen LogP contribution is -2.74. The van der Waals surface area contributed by atoms with Crippen molar-refractivity contribution in [3.63, 3.8) is 0 Å². The fourth-order valence-corrected chi connectivity index (χ4v) is 6.39. The van der Waals surface area contributed by atoms with Crippen LogP contribution in [0, 0.1) is 0 Å². The highest BCUT2D eigenvalue weighted by Gasteiger charge is 2.71. The number of rotatable bonds is 5. The lowest BCUT2D eigenvalue weighted by atomic mass is 9.50. The summed E-state index contributed by atoms with van der Waals surface area (Å²) in [5.41, 5.74) is 0.186. The fourth-order valence-electron chi connectivity index (χ4n) is 6.20. The topological polar surface area (TPSA) is 77.5 Å². The van der Waals surface area contributed by atoms with Gasteiger partial charge in [-0.2, -0.15) is 0 Å². The van der Waals surface area contributed by atoms with Crippen LogP contribution in [0.15, 0.2) is 24.0 Å². The van der Waals surface area contributed by atoms with Gasteiger partial charge in [-0.15, -0.1) is 0 Å². The molecule has 2 heterocycles. The average Bonchev–Trinajstić information content (AvgIpc) is 3.06. The Bertz CT molecular complexity index is 987. The van der Waals surface area contributed by atoms with Crippen LogP contribution in [-0.4, -0.2) is 59.5 Å². The molecule has 1 saturated heterocycles. The number of benzene rings is 1. The Hall–Kier alpha value is -1.82. The first-order valence-electron chi connectivity index (χ1n) is 11.3. The third kappa shape index (κ3) is 3.01. The van der Waals surface area contributed by atoms with Gasteiger partial charge in [-0.1, -0.05) is 6.07 Å². The molecule has 4 aliphatic rings. The van der Waals surface area contributed by atoms with E-state index in [0.717, 1.165) is 24.9 Å². The molecule has 5 atom stereocenters. The molecule has 0 amide bonds. The third-order valence-electron chi connectivity index (χ3n) is 7.46. The highest BCUT2D eigenvalue weighted by molar-refractivity contribution is 7.10. The summed E-state index contributed by atoms with van der Waals surface area (Å²) >= 11 is 0. The number of hydrogen-bond acceptors (Lipinski definition) is 7. The molecule has 5 rings (SSSR count). The van der Waals surface area contributed by atoms with Crippen molar-refractivity contribution in [3.05, 3.63) is 35.1 Å². The third-order valence-corrected chi connectivity index (χ3v) is 7.71. The Labute approximate surface area is 191 Å². The lowest BCUT2D eigenvalue weighted by Gasteiger charge is -2.61. The largest absolute Gasteiger partial charge is 0.494 e. The van der Waals surface area contributed by atoms with Crippen LogP contribution in [0.25, 0.3) is 0 Å². The molecule has 2 bridgehead atoms. The molecule has 1 aromatic rings. The number of aliphatic hydroxyl groups is 1. The molecule has 7 nitrogen and oxygen atoms in total. The number of piperidine rings is 1. The van der Waals surface area contributed by atoms with E-state index in [1.54, 1.807) is 0 Å². The van der Waals surface area contributed by atoms with E-state index in [9.17, 15) is 9.90 Å². The Morgan fingerprint density at radius 1 is 1.38 bits per heavy atom. The SMILES string of the molecule is CN1CC[C@@]23c4c5ccc(OP)c4O[C@@H]2C(OCCC(=O)OC(C)(C)C)=CC[C@]3(O)[C@@H]1C5. The molecule has 1 fully saturated rings. The fraction of sp³-hybridized carbons (Fsp3) is 0.625. The Kier molecular flexibility index (Phi) is 5.05. The van der Waals surface area contributed by atoms with Gasteiger partial charge in [0.15, 0.2) is 17.6 Å². The van der Waals surface area contributed by atoms with Gasteiger partial charge < -0.3 is 28.7 Å². The Morgan fingerprint density at radius 3 is 2.88 bits per heavy atom. The summed E-state index contributed by atoms with van der Waals surface area (Å²) in [6.45, 7) is 6.61. The molecule has 1 spiro atoms.